The molecule has 4 nitrogen and oxygen atoms in total. The number of rotatable bonds is 4. The van der Waals surface area contributed by atoms with E-state index in [0.29, 0.717) is 12.0 Å². The summed E-state index contributed by atoms with van der Waals surface area (Å²) in [7, 11) is 0. The molecule has 0 radical (unpaired) electrons. The van der Waals surface area contributed by atoms with Crippen LogP contribution >= 0.6 is 0 Å². The van der Waals surface area contributed by atoms with Crippen LogP contribution in [-0.4, -0.2) is 24.1 Å². The third kappa shape index (κ3) is 3.34. The Morgan fingerprint density at radius 2 is 1.14 bits per heavy atom. The zero-order chi connectivity index (χ0) is 25.1. The number of halogens is 4. The summed E-state index contributed by atoms with van der Waals surface area (Å²) < 4.78 is 69.4. The standard InChI is InChI=1S/C28H20F4O4/c29-21-17-11-15-16-12-18(19(15)20(17)22(30)24(32)23(21)31)26(36-28(34)14-9-5-2-6-10-14)25(16)35-27(33)13-7-3-1-4-8-13/h1-10,15-16,18-19,25-26H,11-12H2. The van der Waals surface area contributed by atoms with Gasteiger partial charge in [-0.15, -0.1) is 0 Å². The monoisotopic (exact) mass is 496 g/mol. The third-order valence-corrected chi connectivity index (χ3v) is 7.87. The van der Waals surface area contributed by atoms with E-state index in [0.717, 1.165) is 0 Å². The summed E-state index contributed by atoms with van der Waals surface area (Å²) in [6.45, 7) is 0. The average molecular weight is 496 g/mol. The Morgan fingerprint density at radius 1 is 0.639 bits per heavy atom. The van der Waals surface area contributed by atoms with Crippen LogP contribution in [0.5, 0.6) is 0 Å². The molecule has 3 aliphatic carbocycles. The van der Waals surface area contributed by atoms with Crippen LogP contribution in [0.2, 0.25) is 0 Å². The molecule has 0 amide bonds. The normalized spacial score (nSPS) is 27.4. The number of carbonyl (C=O) groups excluding carboxylic acids is 2. The van der Waals surface area contributed by atoms with Crippen molar-refractivity contribution in [2.75, 3.05) is 0 Å². The Kier molecular flexibility index (Phi) is 5.35. The van der Waals surface area contributed by atoms with Gasteiger partial charge < -0.3 is 9.47 Å². The molecule has 3 aromatic carbocycles. The second-order valence-electron chi connectivity index (χ2n) is 9.58. The van der Waals surface area contributed by atoms with E-state index < -0.39 is 71.1 Å². The van der Waals surface area contributed by atoms with E-state index in [9.17, 15) is 27.2 Å². The zero-order valence-electron chi connectivity index (χ0n) is 18.8. The quantitative estimate of drug-likeness (QED) is 0.204. The van der Waals surface area contributed by atoms with E-state index in [4.69, 9.17) is 9.47 Å². The van der Waals surface area contributed by atoms with Crippen molar-refractivity contribution in [2.24, 2.45) is 17.8 Å². The van der Waals surface area contributed by atoms with E-state index in [-0.39, 0.29) is 23.1 Å². The molecule has 184 valence electrons. The second kappa shape index (κ2) is 8.47. The molecule has 8 heteroatoms. The number of hydrogen-bond acceptors (Lipinski definition) is 4. The highest BCUT2D eigenvalue weighted by atomic mass is 19.2. The van der Waals surface area contributed by atoms with Gasteiger partial charge in [0.1, 0.15) is 12.2 Å². The maximum atomic E-state index is 14.9. The molecule has 0 spiro atoms. The summed E-state index contributed by atoms with van der Waals surface area (Å²) in [6.07, 6.45) is -1.43. The van der Waals surface area contributed by atoms with Crippen LogP contribution in [0.4, 0.5) is 17.6 Å². The molecule has 2 bridgehead atoms. The predicted octanol–water partition coefficient (Wildman–Crippen LogP) is 5.60. The molecule has 2 fully saturated rings. The molecule has 0 aromatic heterocycles. The molecule has 6 unspecified atom stereocenters. The lowest BCUT2D eigenvalue weighted by molar-refractivity contribution is -0.0700. The Balaban J connectivity index is 1.37. The average Bonchev–Trinajstić information content (AvgIpc) is 3.57. The van der Waals surface area contributed by atoms with Gasteiger partial charge in [0, 0.05) is 17.4 Å². The molecule has 0 saturated heterocycles. The van der Waals surface area contributed by atoms with Gasteiger partial charge in [0.25, 0.3) is 0 Å². The first-order chi connectivity index (χ1) is 17.4. The van der Waals surface area contributed by atoms with E-state index in [1.54, 1.807) is 60.7 Å². The smallest absolute Gasteiger partial charge is 0.338 e. The molecular formula is C28H20F4O4. The minimum absolute atomic E-state index is 0.0140. The SMILES string of the molecule is O=C(OC1C2CC(C1OC(=O)c1ccccc1)C1c3c(F)c(F)c(F)c(F)c3CC21)c1ccccc1. The number of esters is 2. The minimum atomic E-state index is -1.85. The Labute approximate surface area is 203 Å². The molecular weight excluding hydrogens is 476 g/mol. The number of hydrogen-bond donors (Lipinski definition) is 0. The van der Waals surface area contributed by atoms with Gasteiger partial charge in [-0.05, 0) is 54.5 Å². The second-order valence-corrected chi connectivity index (χ2v) is 9.58. The topological polar surface area (TPSA) is 52.6 Å². The summed E-state index contributed by atoms with van der Waals surface area (Å²) in [5, 5.41) is 0. The van der Waals surface area contributed by atoms with Gasteiger partial charge in [-0.2, -0.15) is 0 Å². The Morgan fingerprint density at radius 3 is 1.69 bits per heavy atom. The van der Waals surface area contributed by atoms with Gasteiger partial charge in [0.15, 0.2) is 23.3 Å². The zero-order valence-corrected chi connectivity index (χ0v) is 18.8. The maximum absolute atomic E-state index is 14.9. The number of fused-ring (bicyclic) bond motifs is 7. The van der Waals surface area contributed by atoms with Crippen LogP contribution in [-0.2, 0) is 15.9 Å². The van der Waals surface area contributed by atoms with Crippen LogP contribution in [0.3, 0.4) is 0 Å². The first-order valence-corrected chi connectivity index (χ1v) is 11.7. The van der Waals surface area contributed by atoms with Gasteiger partial charge in [-0.1, -0.05) is 36.4 Å². The Bertz CT molecular complexity index is 1360. The summed E-state index contributed by atoms with van der Waals surface area (Å²) in [5.74, 6) is -9.80. The fraction of sp³-hybridized carbons (Fsp3) is 0.286. The van der Waals surface area contributed by atoms with Gasteiger partial charge in [0.2, 0.25) is 0 Å². The lowest BCUT2D eigenvalue weighted by atomic mass is 9.76. The van der Waals surface area contributed by atoms with Crippen molar-refractivity contribution >= 4 is 11.9 Å². The highest BCUT2D eigenvalue weighted by Crippen LogP contribution is 2.63. The molecule has 2 saturated carbocycles. The molecule has 3 aliphatic rings. The van der Waals surface area contributed by atoms with Crippen LogP contribution in [0.25, 0.3) is 0 Å². The van der Waals surface area contributed by atoms with E-state index >= 15 is 0 Å². The molecule has 6 atom stereocenters. The van der Waals surface area contributed by atoms with Gasteiger partial charge in [-0.3, -0.25) is 0 Å². The molecule has 6 rings (SSSR count). The Hall–Kier alpha value is -3.68. The summed E-state index contributed by atoms with van der Waals surface area (Å²) in [4.78, 5) is 25.8. The fourth-order valence-corrected chi connectivity index (χ4v) is 6.45. The van der Waals surface area contributed by atoms with Crippen LogP contribution in [0.15, 0.2) is 60.7 Å². The highest BCUT2D eigenvalue weighted by molar-refractivity contribution is 5.90. The lowest BCUT2D eigenvalue weighted by Crippen LogP contribution is -2.45. The fourth-order valence-electron chi connectivity index (χ4n) is 6.45. The molecule has 0 N–H and O–H groups in total. The van der Waals surface area contributed by atoms with Gasteiger partial charge >= 0.3 is 11.9 Å². The van der Waals surface area contributed by atoms with Crippen molar-refractivity contribution in [1.82, 2.24) is 0 Å². The third-order valence-electron chi connectivity index (χ3n) is 7.87. The lowest BCUT2D eigenvalue weighted by Gasteiger charge is -2.37. The molecule has 3 aromatic rings. The van der Waals surface area contributed by atoms with Crippen molar-refractivity contribution in [3.05, 3.63) is 106 Å². The highest BCUT2D eigenvalue weighted by Gasteiger charge is 2.64. The van der Waals surface area contributed by atoms with E-state index in [2.05, 4.69) is 0 Å². The van der Waals surface area contributed by atoms with Crippen LogP contribution in [0.1, 0.15) is 44.2 Å². The maximum Gasteiger partial charge on any atom is 0.338 e. The first-order valence-electron chi connectivity index (χ1n) is 11.7. The molecule has 0 aliphatic heterocycles. The van der Waals surface area contributed by atoms with Crippen molar-refractivity contribution in [3.8, 4) is 0 Å². The van der Waals surface area contributed by atoms with Gasteiger partial charge in [0.05, 0.1) is 11.1 Å². The predicted molar refractivity (Wildman–Crippen MR) is 119 cm³/mol. The summed E-state index contributed by atoms with van der Waals surface area (Å²) in [5.41, 5.74) is 0.194. The summed E-state index contributed by atoms with van der Waals surface area (Å²) in [6, 6.07) is 16.5. The number of carbonyl (C=O) groups is 2. The summed E-state index contributed by atoms with van der Waals surface area (Å²) >= 11 is 0. The van der Waals surface area contributed by atoms with Gasteiger partial charge in [-0.25, -0.2) is 27.2 Å². The number of benzene rings is 3. The largest absolute Gasteiger partial charge is 0.455 e. The van der Waals surface area contributed by atoms with Crippen molar-refractivity contribution in [1.29, 1.82) is 0 Å². The van der Waals surface area contributed by atoms with E-state index in [1.165, 1.54) is 0 Å². The van der Waals surface area contributed by atoms with Crippen LogP contribution < -0.4 is 0 Å². The first kappa shape index (κ1) is 22.8. The van der Waals surface area contributed by atoms with Crippen molar-refractivity contribution in [3.63, 3.8) is 0 Å². The minimum Gasteiger partial charge on any atom is -0.455 e. The van der Waals surface area contributed by atoms with Crippen molar-refractivity contribution in [2.45, 2.75) is 31.0 Å². The molecule has 36 heavy (non-hydrogen) atoms. The number of ether oxygens (including phenoxy) is 2. The van der Waals surface area contributed by atoms with Crippen molar-refractivity contribution < 1.29 is 36.6 Å². The molecule has 0 heterocycles. The van der Waals surface area contributed by atoms with Crippen LogP contribution in [0, 0.1) is 41.0 Å². The van der Waals surface area contributed by atoms with E-state index in [1.807, 2.05) is 0 Å².